The van der Waals surface area contributed by atoms with Gasteiger partial charge in [-0.25, -0.2) is 4.98 Å². The minimum Gasteiger partial charge on any atom is -0.347 e. The molecule has 0 unspecified atom stereocenters. The van der Waals surface area contributed by atoms with E-state index >= 15 is 0 Å². The molecular formula is C20H22N4. The van der Waals surface area contributed by atoms with Crippen LogP contribution in [0.15, 0.2) is 54.7 Å². The molecule has 0 aliphatic carbocycles. The van der Waals surface area contributed by atoms with E-state index in [0.717, 1.165) is 42.9 Å². The molecule has 0 aliphatic heterocycles. The van der Waals surface area contributed by atoms with Crippen molar-refractivity contribution in [1.29, 1.82) is 0 Å². The number of imidazole rings is 1. The molecule has 4 heteroatoms. The molecule has 0 radical (unpaired) electrons. The molecule has 0 fully saturated rings. The molecule has 2 aromatic carbocycles. The smallest absolute Gasteiger partial charge is 0.121 e. The Kier molecular flexibility index (Phi) is 4.05. The highest BCUT2D eigenvalue weighted by atomic mass is 15.0. The second-order valence-corrected chi connectivity index (χ2v) is 6.17. The lowest BCUT2D eigenvalue weighted by molar-refractivity contribution is 0.662. The van der Waals surface area contributed by atoms with Crippen molar-refractivity contribution in [1.82, 2.24) is 19.9 Å². The monoisotopic (exact) mass is 318 g/mol. The number of aromatic nitrogens is 3. The van der Waals surface area contributed by atoms with E-state index in [0.29, 0.717) is 0 Å². The van der Waals surface area contributed by atoms with Crippen LogP contribution in [0.3, 0.4) is 0 Å². The van der Waals surface area contributed by atoms with Gasteiger partial charge in [0.1, 0.15) is 5.82 Å². The summed E-state index contributed by atoms with van der Waals surface area (Å²) in [6.07, 6.45) is 3.42. The zero-order chi connectivity index (χ0) is 16.4. The van der Waals surface area contributed by atoms with Crippen molar-refractivity contribution in [2.45, 2.75) is 33.0 Å². The van der Waals surface area contributed by atoms with Gasteiger partial charge >= 0.3 is 0 Å². The molecule has 0 bridgehead atoms. The van der Waals surface area contributed by atoms with Crippen molar-refractivity contribution >= 4 is 21.9 Å². The van der Waals surface area contributed by atoms with E-state index in [1.807, 2.05) is 18.2 Å². The summed E-state index contributed by atoms with van der Waals surface area (Å²) in [5, 5.41) is 4.86. The van der Waals surface area contributed by atoms with E-state index in [9.17, 15) is 0 Å². The van der Waals surface area contributed by atoms with Crippen LogP contribution in [0.2, 0.25) is 0 Å². The highest BCUT2D eigenvalue weighted by Crippen LogP contribution is 2.21. The van der Waals surface area contributed by atoms with Crippen LogP contribution < -0.4 is 5.32 Å². The van der Waals surface area contributed by atoms with E-state index in [4.69, 9.17) is 0 Å². The maximum atomic E-state index is 4.62. The van der Waals surface area contributed by atoms with Gasteiger partial charge in [0, 0.05) is 30.2 Å². The first-order chi connectivity index (χ1) is 11.8. The third-order valence-corrected chi connectivity index (χ3v) is 4.38. The normalized spacial score (nSPS) is 11.5. The minimum absolute atomic E-state index is 0.738. The van der Waals surface area contributed by atoms with Gasteiger partial charge in [0.15, 0.2) is 0 Å². The molecule has 4 aromatic rings. The molecule has 0 atom stereocenters. The highest BCUT2D eigenvalue weighted by Gasteiger charge is 2.08. The molecule has 0 saturated heterocycles. The Hall–Kier alpha value is -2.59. The summed E-state index contributed by atoms with van der Waals surface area (Å²) >= 11 is 0. The molecule has 24 heavy (non-hydrogen) atoms. The number of nitrogens with zero attached hydrogens (tertiary/aromatic N) is 2. The topological polar surface area (TPSA) is 45.6 Å². The first-order valence-electron chi connectivity index (χ1n) is 8.56. The van der Waals surface area contributed by atoms with E-state index < -0.39 is 0 Å². The van der Waals surface area contributed by atoms with Gasteiger partial charge in [0.25, 0.3) is 0 Å². The number of aryl methyl sites for hydroxylation is 1. The van der Waals surface area contributed by atoms with E-state index in [1.165, 1.54) is 16.5 Å². The molecular weight excluding hydrogens is 296 g/mol. The van der Waals surface area contributed by atoms with Gasteiger partial charge in [-0.15, -0.1) is 0 Å². The molecule has 0 spiro atoms. The van der Waals surface area contributed by atoms with Gasteiger partial charge < -0.3 is 14.9 Å². The van der Waals surface area contributed by atoms with Crippen molar-refractivity contribution in [3.8, 4) is 0 Å². The van der Waals surface area contributed by atoms with Gasteiger partial charge in [-0.1, -0.05) is 37.3 Å². The quantitative estimate of drug-likeness (QED) is 0.559. The molecule has 4 rings (SSSR count). The third-order valence-electron chi connectivity index (χ3n) is 4.38. The standard InChI is InChI=1S/C20H22N4/c1-2-11-24-14-15(16-7-3-6-10-19(16)24)12-21-13-20-22-17-8-4-5-9-18(17)23-20/h3-10,14,21H,2,11-13H2,1H3,(H,22,23). The van der Waals surface area contributed by atoms with Gasteiger partial charge in [-0.2, -0.15) is 0 Å². The van der Waals surface area contributed by atoms with Crippen molar-refractivity contribution in [2.24, 2.45) is 0 Å². The van der Waals surface area contributed by atoms with Crippen LogP contribution in [0.4, 0.5) is 0 Å². The molecule has 0 amide bonds. The highest BCUT2D eigenvalue weighted by molar-refractivity contribution is 5.84. The summed E-state index contributed by atoms with van der Waals surface area (Å²) in [4.78, 5) is 7.98. The third kappa shape index (κ3) is 2.81. The second kappa shape index (κ2) is 6.49. The number of fused-ring (bicyclic) bond motifs is 2. The summed E-state index contributed by atoms with van der Waals surface area (Å²) < 4.78 is 2.35. The number of hydrogen-bond donors (Lipinski definition) is 2. The number of aromatic amines is 1. The van der Waals surface area contributed by atoms with Crippen LogP contribution in [0.1, 0.15) is 24.7 Å². The number of rotatable bonds is 6. The van der Waals surface area contributed by atoms with Crippen LogP contribution in [0, 0.1) is 0 Å². The van der Waals surface area contributed by atoms with Crippen molar-refractivity contribution in [3.63, 3.8) is 0 Å². The summed E-state index contributed by atoms with van der Waals surface area (Å²) in [6.45, 7) is 4.86. The molecule has 0 saturated carbocycles. The zero-order valence-electron chi connectivity index (χ0n) is 13.9. The predicted molar refractivity (Wildman–Crippen MR) is 98.9 cm³/mol. The average Bonchev–Trinajstić information content (AvgIpc) is 3.17. The molecule has 4 nitrogen and oxygen atoms in total. The number of benzene rings is 2. The Morgan fingerprint density at radius 3 is 2.75 bits per heavy atom. The Labute approximate surface area is 141 Å². The summed E-state index contributed by atoms with van der Waals surface area (Å²) in [6, 6.07) is 16.8. The SMILES string of the molecule is CCCn1cc(CNCc2nc3ccccc3[nH]2)c2ccccc21. The fourth-order valence-electron chi connectivity index (χ4n) is 3.29. The second-order valence-electron chi connectivity index (χ2n) is 6.17. The lowest BCUT2D eigenvalue weighted by Crippen LogP contribution is -2.13. The lowest BCUT2D eigenvalue weighted by Gasteiger charge is -2.01. The van der Waals surface area contributed by atoms with Gasteiger partial charge in [-0.3, -0.25) is 0 Å². The molecule has 122 valence electrons. The van der Waals surface area contributed by atoms with Gasteiger partial charge in [-0.05, 0) is 30.2 Å². The first-order valence-corrected chi connectivity index (χ1v) is 8.56. The lowest BCUT2D eigenvalue weighted by atomic mass is 10.2. The van der Waals surface area contributed by atoms with Gasteiger partial charge in [0.2, 0.25) is 0 Å². The number of para-hydroxylation sites is 3. The Balaban J connectivity index is 1.50. The largest absolute Gasteiger partial charge is 0.347 e. The Morgan fingerprint density at radius 1 is 1.04 bits per heavy atom. The fraction of sp³-hybridized carbons (Fsp3) is 0.250. The van der Waals surface area contributed by atoms with Crippen LogP contribution in [-0.4, -0.2) is 14.5 Å². The van der Waals surface area contributed by atoms with Crippen molar-refractivity contribution in [3.05, 3.63) is 66.1 Å². The first kappa shape index (κ1) is 15.0. The fourth-order valence-corrected chi connectivity index (χ4v) is 3.29. The number of hydrogen-bond acceptors (Lipinski definition) is 2. The van der Waals surface area contributed by atoms with Crippen LogP contribution in [-0.2, 0) is 19.6 Å². The van der Waals surface area contributed by atoms with Gasteiger partial charge in [0.05, 0.1) is 17.6 Å². The van der Waals surface area contributed by atoms with E-state index in [2.05, 4.69) is 63.3 Å². The van der Waals surface area contributed by atoms with Crippen LogP contribution >= 0.6 is 0 Å². The van der Waals surface area contributed by atoms with Crippen molar-refractivity contribution in [2.75, 3.05) is 0 Å². The van der Waals surface area contributed by atoms with E-state index in [1.54, 1.807) is 0 Å². The molecule has 2 heterocycles. The minimum atomic E-state index is 0.738. The zero-order valence-corrected chi connectivity index (χ0v) is 13.9. The van der Waals surface area contributed by atoms with Crippen LogP contribution in [0.25, 0.3) is 21.9 Å². The maximum absolute atomic E-state index is 4.62. The van der Waals surface area contributed by atoms with E-state index in [-0.39, 0.29) is 0 Å². The predicted octanol–water partition coefficient (Wildman–Crippen LogP) is 4.22. The van der Waals surface area contributed by atoms with Crippen molar-refractivity contribution < 1.29 is 0 Å². The molecule has 2 N–H and O–H groups in total. The number of H-pyrrole nitrogens is 1. The molecule has 2 aromatic heterocycles. The maximum Gasteiger partial charge on any atom is 0.121 e. The summed E-state index contributed by atoms with van der Waals surface area (Å²) in [5.41, 5.74) is 4.78. The molecule has 0 aliphatic rings. The Bertz CT molecular complexity index is 931. The Morgan fingerprint density at radius 2 is 1.88 bits per heavy atom. The summed E-state index contributed by atoms with van der Waals surface area (Å²) in [5.74, 6) is 0.980. The number of nitrogens with one attached hydrogen (secondary N) is 2. The average molecular weight is 318 g/mol. The van der Waals surface area contributed by atoms with Crippen LogP contribution in [0.5, 0.6) is 0 Å². The summed E-state index contributed by atoms with van der Waals surface area (Å²) in [7, 11) is 0.